The van der Waals surface area contributed by atoms with Crippen LogP contribution in [0.3, 0.4) is 0 Å². The largest absolute Gasteiger partial charge is 0.508 e. The van der Waals surface area contributed by atoms with Crippen LogP contribution in [0.25, 0.3) is 0 Å². The molecule has 0 heterocycles. The second-order valence-corrected chi connectivity index (χ2v) is 9.55. The van der Waals surface area contributed by atoms with Gasteiger partial charge in [0, 0.05) is 24.2 Å². The summed E-state index contributed by atoms with van der Waals surface area (Å²) in [5, 5.41) is 30.6. The second-order valence-electron chi connectivity index (χ2n) is 7.84. The molecule has 10 heteroatoms. The number of carboxylic acids is 1. The Morgan fingerprint density at radius 2 is 1.72 bits per heavy atom. The smallest absolute Gasteiger partial charge is 0.305 e. The van der Waals surface area contributed by atoms with Gasteiger partial charge >= 0.3 is 5.97 Å². The van der Waals surface area contributed by atoms with E-state index in [1.54, 1.807) is 6.07 Å². The molecule has 1 aliphatic rings. The lowest BCUT2D eigenvalue weighted by molar-refractivity contribution is -0.136. The number of nitrogens with one attached hydrogen (secondary N) is 2. The van der Waals surface area contributed by atoms with Crippen molar-refractivity contribution >= 4 is 21.9 Å². The van der Waals surface area contributed by atoms with Gasteiger partial charge in [0.05, 0.1) is 11.3 Å². The zero-order chi connectivity index (χ0) is 23.3. The molecule has 0 spiro atoms. The number of carboxylic acid groups (broad SMARTS) is 1. The molecule has 172 valence electrons. The highest BCUT2D eigenvalue weighted by Crippen LogP contribution is 2.38. The van der Waals surface area contributed by atoms with E-state index >= 15 is 0 Å². The lowest BCUT2D eigenvalue weighted by Gasteiger charge is -2.29. The Hall–Kier alpha value is -3.11. The molecule has 5 N–H and O–H groups in total. The minimum Gasteiger partial charge on any atom is -0.508 e. The molecule has 0 atom stereocenters. The molecule has 1 saturated carbocycles. The van der Waals surface area contributed by atoms with Crippen LogP contribution >= 0.6 is 0 Å². The van der Waals surface area contributed by atoms with Gasteiger partial charge in [0.2, 0.25) is 10.0 Å². The van der Waals surface area contributed by atoms with Crippen LogP contribution < -0.4 is 10.0 Å². The van der Waals surface area contributed by atoms with Crippen LogP contribution in [-0.2, 0) is 14.8 Å². The SMILES string of the molecule is O=C(O)CCNC(=O)c1cccc(S(=O)(=O)NC2CCC(c3ccc(O)cc3O)CC2)c1. The molecule has 3 rings (SSSR count). The maximum absolute atomic E-state index is 12.8. The third-order valence-electron chi connectivity index (χ3n) is 5.53. The maximum Gasteiger partial charge on any atom is 0.305 e. The Kier molecular flexibility index (Phi) is 7.37. The molecule has 0 aromatic heterocycles. The number of phenols is 2. The van der Waals surface area contributed by atoms with Crippen LogP contribution in [0.4, 0.5) is 0 Å². The minimum absolute atomic E-state index is 0.00880. The Balaban J connectivity index is 1.61. The van der Waals surface area contributed by atoms with E-state index in [9.17, 15) is 28.2 Å². The second kappa shape index (κ2) is 10.0. The summed E-state index contributed by atoms with van der Waals surface area (Å²) < 4.78 is 28.4. The topological polar surface area (TPSA) is 153 Å². The van der Waals surface area contributed by atoms with Gasteiger partial charge in [0.15, 0.2) is 0 Å². The fourth-order valence-corrected chi connectivity index (χ4v) is 5.23. The number of rotatable bonds is 8. The first-order valence-electron chi connectivity index (χ1n) is 10.3. The van der Waals surface area contributed by atoms with Gasteiger partial charge in [-0.1, -0.05) is 12.1 Å². The average molecular weight is 463 g/mol. The number of hydrogen-bond acceptors (Lipinski definition) is 6. The molecular weight excluding hydrogens is 436 g/mol. The number of amides is 1. The Labute approximate surface area is 186 Å². The summed E-state index contributed by atoms with van der Waals surface area (Å²) in [6.45, 7) is -0.0524. The third kappa shape index (κ3) is 5.98. The highest BCUT2D eigenvalue weighted by Gasteiger charge is 2.28. The fourth-order valence-electron chi connectivity index (χ4n) is 3.88. The fraction of sp³-hybridized carbons (Fsp3) is 0.364. The Bertz CT molecular complexity index is 1090. The highest BCUT2D eigenvalue weighted by molar-refractivity contribution is 7.89. The van der Waals surface area contributed by atoms with Crippen LogP contribution in [-0.4, -0.2) is 48.2 Å². The maximum atomic E-state index is 12.8. The number of benzene rings is 2. The zero-order valence-corrected chi connectivity index (χ0v) is 18.1. The average Bonchev–Trinajstić information content (AvgIpc) is 2.74. The van der Waals surface area contributed by atoms with Crippen molar-refractivity contribution in [2.45, 2.75) is 49.0 Å². The summed E-state index contributed by atoms with van der Waals surface area (Å²) >= 11 is 0. The number of sulfonamides is 1. The first kappa shape index (κ1) is 23.6. The molecule has 2 aromatic carbocycles. The standard InChI is InChI=1S/C22H26N2O7S/c25-17-8-9-19(20(26)13-17)14-4-6-16(7-5-14)24-32(30,31)18-3-1-2-15(12-18)22(29)23-11-10-21(27)28/h1-3,8-9,12-14,16,24-26H,4-7,10-11H2,(H,23,29)(H,27,28). The van der Waals surface area contributed by atoms with Gasteiger partial charge in [-0.3, -0.25) is 9.59 Å². The molecular formula is C22H26N2O7S. The van der Waals surface area contributed by atoms with Crippen molar-refractivity contribution in [3.05, 3.63) is 53.6 Å². The summed E-state index contributed by atoms with van der Waals surface area (Å²) in [5.41, 5.74) is 0.871. The minimum atomic E-state index is -3.85. The molecule has 9 nitrogen and oxygen atoms in total. The van der Waals surface area contributed by atoms with E-state index in [-0.39, 0.29) is 46.9 Å². The molecule has 0 bridgehead atoms. The number of carbonyl (C=O) groups excluding carboxylic acids is 1. The van der Waals surface area contributed by atoms with E-state index in [1.165, 1.54) is 36.4 Å². The predicted octanol–water partition coefficient (Wildman–Crippen LogP) is 2.31. The van der Waals surface area contributed by atoms with Crippen LogP contribution in [0, 0.1) is 0 Å². The molecule has 1 amide bonds. The van der Waals surface area contributed by atoms with Crippen molar-refractivity contribution < 1.29 is 33.3 Å². The third-order valence-corrected chi connectivity index (χ3v) is 7.05. The van der Waals surface area contributed by atoms with Crippen LogP contribution in [0.15, 0.2) is 47.4 Å². The van der Waals surface area contributed by atoms with Gasteiger partial charge < -0.3 is 20.6 Å². The van der Waals surface area contributed by atoms with E-state index in [0.717, 1.165) is 5.56 Å². The Morgan fingerprint density at radius 3 is 2.38 bits per heavy atom. The van der Waals surface area contributed by atoms with Gasteiger partial charge in [-0.25, -0.2) is 13.1 Å². The number of hydrogen-bond donors (Lipinski definition) is 5. The van der Waals surface area contributed by atoms with E-state index in [4.69, 9.17) is 5.11 Å². The van der Waals surface area contributed by atoms with Gasteiger partial charge in [-0.05, 0) is 61.4 Å². The molecule has 1 aliphatic carbocycles. The summed E-state index contributed by atoms with van der Waals surface area (Å²) in [6.07, 6.45) is 2.30. The van der Waals surface area contributed by atoms with Crippen LogP contribution in [0.5, 0.6) is 11.5 Å². The van der Waals surface area contributed by atoms with Gasteiger partial charge in [0.25, 0.3) is 5.91 Å². The number of phenolic OH excluding ortho intramolecular Hbond substituents is 2. The summed E-state index contributed by atoms with van der Waals surface area (Å²) in [4.78, 5) is 22.7. The number of carbonyl (C=O) groups is 2. The van der Waals surface area contributed by atoms with Crippen molar-refractivity contribution in [1.29, 1.82) is 0 Å². The van der Waals surface area contributed by atoms with E-state index in [2.05, 4.69) is 10.0 Å². The quantitative estimate of drug-likeness (QED) is 0.403. The monoisotopic (exact) mass is 462 g/mol. The molecule has 0 unspecified atom stereocenters. The molecule has 0 aliphatic heterocycles. The Morgan fingerprint density at radius 1 is 1.00 bits per heavy atom. The summed E-state index contributed by atoms with van der Waals surface area (Å²) in [7, 11) is -3.85. The molecule has 32 heavy (non-hydrogen) atoms. The van der Waals surface area contributed by atoms with Crippen LogP contribution in [0.2, 0.25) is 0 Å². The molecule has 0 saturated heterocycles. The lowest BCUT2D eigenvalue weighted by Crippen LogP contribution is -2.37. The van der Waals surface area contributed by atoms with Gasteiger partial charge in [0.1, 0.15) is 11.5 Å². The summed E-state index contributed by atoms with van der Waals surface area (Å²) in [6, 6.07) is 9.82. The van der Waals surface area contributed by atoms with Crippen molar-refractivity contribution in [3.63, 3.8) is 0 Å². The van der Waals surface area contributed by atoms with Crippen molar-refractivity contribution in [3.8, 4) is 11.5 Å². The van der Waals surface area contributed by atoms with Gasteiger partial charge in [-0.2, -0.15) is 0 Å². The normalized spacial score (nSPS) is 18.8. The van der Waals surface area contributed by atoms with E-state index in [1.807, 2.05) is 0 Å². The zero-order valence-electron chi connectivity index (χ0n) is 17.3. The number of aromatic hydroxyl groups is 2. The number of aliphatic carboxylic acids is 1. The first-order chi connectivity index (χ1) is 15.2. The van der Waals surface area contributed by atoms with Crippen molar-refractivity contribution in [2.24, 2.45) is 0 Å². The van der Waals surface area contributed by atoms with E-state index in [0.29, 0.717) is 25.7 Å². The first-order valence-corrected chi connectivity index (χ1v) is 11.8. The predicted molar refractivity (Wildman–Crippen MR) is 116 cm³/mol. The highest BCUT2D eigenvalue weighted by atomic mass is 32.2. The van der Waals surface area contributed by atoms with Gasteiger partial charge in [-0.15, -0.1) is 0 Å². The molecule has 1 fully saturated rings. The molecule has 0 radical (unpaired) electrons. The lowest BCUT2D eigenvalue weighted by atomic mass is 9.81. The van der Waals surface area contributed by atoms with Crippen molar-refractivity contribution in [2.75, 3.05) is 6.54 Å². The summed E-state index contributed by atoms with van der Waals surface area (Å²) in [5.74, 6) is -1.48. The van der Waals surface area contributed by atoms with Crippen molar-refractivity contribution in [1.82, 2.24) is 10.0 Å². The van der Waals surface area contributed by atoms with Crippen LogP contribution in [0.1, 0.15) is 53.9 Å². The van der Waals surface area contributed by atoms with E-state index < -0.39 is 21.9 Å². The molecule has 2 aromatic rings.